The molecule has 0 unspecified atom stereocenters. The number of benzene rings is 1. The number of nitrogens with zero attached hydrogens (tertiary/aromatic N) is 3. The van der Waals surface area contributed by atoms with Crippen molar-refractivity contribution >= 4 is 20.4 Å². The van der Waals surface area contributed by atoms with Gasteiger partial charge in [-0.25, -0.2) is 4.99 Å². The van der Waals surface area contributed by atoms with Crippen LogP contribution in [0.4, 0.5) is 5.69 Å². The van der Waals surface area contributed by atoms with Gasteiger partial charge >= 0.3 is 0 Å². The van der Waals surface area contributed by atoms with E-state index >= 15 is 0 Å². The fourth-order valence-corrected chi connectivity index (χ4v) is 2.63. The summed E-state index contributed by atoms with van der Waals surface area (Å²) in [7, 11) is 0.763. The first-order valence-corrected chi connectivity index (χ1v) is 9.55. The second kappa shape index (κ2) is 6.05. The molecule has 20 heavy (non-hydrogen) atoms. The maximum Gasteiger partial charge on any atom is 0.229 e. The number of aromatic nitrogens is 2. The predicted molar refractivity (Wildman–Crippen MR) is 85.8 cm³/mol. The van der Waals surface area contributed by atoms with Gasteiger partial charge in [0.1, 0.15) is 11.4 Å². The fraction of sp³-hybridized carbons (Fsp3) is 0.333. The van der Waals surface area contributed by atoms with E-state index in [4.69, 9.17) is 9.42 Å². The van der Waals surface area contributed by atoms with Gasteiger partial charge in [0.2, 0.25) is 9.04 Å². The zero-order chi connectivity index (χ0) is 14.7. The maximum absolute atomic E-state index is 5.95. The Balaban J connectivity index is 2.38. The van der Waals surface area contributed by atoms with Gasteiger partial charge in [-0.15, -0.1) is 0 Å². The lowest BCUT2D eigenvalue weighted by atomic mass is 10.2. The normalized spacial score (nSPS) is 12.0. The number of rotatable bonds is 4. The molecular formula is C15H21N3OSi. The SMILES string of the molecule is CC(=Nc1cc(C)ccc1O[SiH](C)C)c1cnn(C)c1. The lowest BCUT2D eigenvalue weighted by molar-refractivity contribution is 0.582. The highest BCUT2D eigenvalue weighted by atomic mass is 28.3. The Bertz CT molecular complexity index is 632. The van der Waals surface area contributed by atoms with Gasteiger partial charge in [-0.1, -0.05) is 6.07 Å². The molecule has 4 nitrogen and oxygen atoms in total. The zero-order valence-electron chi connectivity index (χ0n) is 12.7. The highest BCUT2D eigenvalue weighted by Crippen LogP contribution is 2.29. The molecular weight excluding hydrogens is 266 g/mol. The quantitative estimate of drug-likeness (QED) is 0.640. The standard InChI is InChI=1S/C15H21N3OSi/c1-11-6-7-15(19-20(4)5)14(8-11)17-12(2)13-9-16-18(3)10-13/h6-10,20H,1-5H3. The van der Waals surface area contributed by atoms with Crippen molar-refractivity contribution in [1.82, 2.24) is 9.78 Å². The zero-order valence-corrected chi connectivity index (χ0v) is 13.9. The second-order valence-corrected chi connectivity index (χ2v) is 7.57. The van der Waals surface area contributed by atoms with Crippen LogP contribution in [0.5, 0.6) is 5.75 Å². The number of hydrogen-bond donors (Lipinski definition) is 0. The van der Waals surface area contributed by atoms with E-state index in [9.17, 15) is 0 Å². The van der Waals surface area contributed by atoms with Gasteiger partial charge in [-0.3, -0.25) is 4.68 Å². The van der Waals surface area contributed by atoms with Gasteiger partial charge < -0.3 is 4.43 Å². The average Bonchev–Trinajstić information content (AvgIpc) is 2.79. The van der Waals surface area contributed by atoms with E-state index in [-0.39, 0.29) is 0 Å². The summed E-state index contributed by atoms with van der Waals surface area (Å²) in [5.74, 6) is 0.875. The van der Waals surface area contributed by atoms with Crippen LogP contribution in [0.2, 0.25) is 13.1 Å². The molecule has 2 rings (SSSR count). The summed E-state index contributed by atoms with van der Waals surface area (Å²) in [5, 5.41) is 4.18. The van der Waals surface area contributed by atoms with Crippen LogP contribution in [0.25, 0.3) is 0 Å². The monoisotopic (exact) mass is 287 g/mol. The molecule has 0 aliphatic rings. The smallest absolute Gasteiger partial charge is 0.229 e. The van der Waals surface area contributed by atoms with Crippen LogP contribution in [-0.4, -0.2) is 24.5 Å². The number of aryl methyl sites for hydroxylation is 2. The topological polar surface area (TPSA) is 39.4 Å². The molecule has 0 atom stereocenters. The summed E-state index contributed by atoms with van der Waals surface area (Å²) >= 11 is 0. The summed E-state index contributed by atoms with van der Waals surface area (Å²) in [6, 6.07) is 6.13. The molecule has 0 N–H and O–H groups in total. The third-order valence-corrected chi connectivity index (χ3v) is 3.61. The molecule has 1 aromatic carbocycles. The van der Waals surface area contributed by atoms with Crippen molar-refractivity contribution in [2.75, 3.05) is 0 Å². The minimum atomic E-state index is -1.14. The number of hydrogen-bond acceptors (Lipinski definition) is 3. The van der Waals surface area contributed by atoms with Crippen LogP contribution in [0.15, 0.2) is 35.6 Å². The van der Waals surface area contributed by atoms with E-state index < -0.39 is 9.04 Å². The van der Waals surface area contributed by atoms with Crippen molar-refractivity contribution in [3.05, 3.63) is 41.7 Å². The molecule has 1 aromatic heterocycles. The highest BCUT2D eigenvalue weighted by Gasteiger charge is 2.08. The summed E-state index contributed by atoms with van der Waals surface area (Å²) < 4.78 is 7.73. The van der Waals surface area contributed by atoms with Crippen LogP contribution in [-0.2, 0) is 7.05 Å². The molecule has 106 valence electrons. The van der Waals surface area contributed by atoms with E-state index in [1.54, 1.807) is 4.68 Å². The lowest BCUT2D eigenvalue weighted by Gasteiger charge is -2.12. The highest BCUT2D eigenvalue weighted by molar-refractivity contribution is 6.49. The fourth-order valence-electron chi connectivity index (χ4n) is 1.92. The molecule has 0 saturated carbocycles. The first-order chi connectivity index (χ1) is 9.45. The first-order valence-electron chi connectivity index (χ1n) is 6.77. The van der Waals surface area contributed by atoms with Crippen molar-refractivity contribution in [3.8, 4) is 5.75 Å². The lowest BCUT2D eigenvalue weighted by Crippen LogP contribution is -2.11. The predicted octanol–water partition coefficient (Wildman–Crippen LogP) is 3.23. The van der Waals surface area contributed by atoms with Crippen LogP contribution < -0.4 is 4.43 Å². The van der Waals surface area contributed by atoms with Crippen molar-refractivity contribution in [1.29, 1.82) is 0 Å². The molecule has 0 aliphatic carbocycles. The molecule has 0 radical (unpaired) electrons. The van der Waals surface area contributed by atoms with Crippen molar-refractivity contribution in [2.45, 2.75) is 26.9 Å². The third kappa shape index (κ3) is 3.57. The molecule has 2 aromatic rings. The molecule has 0 fully saturated rings. The molecule has 0 aliphatic heterocycles. The van der Waals surface area contributed by atoms with Crippen LogP contribution >= 0.6 is 0 Å². The summed E-state index contributed by atoms with van der Waals surface area (Å²) in [5.41, 5.74) is 4.05. The third-order valence-electron chi connectivity index (χ3n) is 2.89. The van der Waals surface area contributed by atoms with E-state index in [0.29, 0.717) is 0 Å². The van der Waals surface area contributed by atoms with Crippen LogP contribution in [0.3, 0.4) is 0 Å². The van der Waals surface area contributed by atoms with Gasteiger partial charge in [-0.05, 0) is 44.6 Å². The Morgan fingerprint density at radius 3 is 2.70 bits per heavy atom. The molecule has 1 heterocycles. The maximum atomic E-state index is 5.95. The van der Waals surface area contributed by atoms with E-state index in [1.807, 2.05) is 32.4 Å². The van der Waals surface area contributed by atoms with Gasteiger partial charge in [0, 0.05) is 24.5 Å². The minimum Gasteiger partial charge on any atom is -0.546 e. The van der Waals surface area contributed by atoms with Crippen molar-refractivity contribution in [2.24, 2.45) is 12.0 Å². The van der Waals surface area contributed by atoms with Crippen molar-refractivity contribution < 1.29 is 4.43 Å². The minimum absolute atomic E-state index is 0.875. The summed E-state index contributed by atoms with van der Waals surface area (Å²) in [6.07, 6.45) is 3.79. The van der Waals surface area contributed by atoms with Gasteiger partial charge in [-0.2, -0.15) is 5.10 Å². The van der Waals surface area contributed by atoms with Gasteiger partial charge in [0.25, 0.3) is 0 Å². The van der Waals surface area contributed by atoms with Gasteiger partial charge in [0.05, 0.1) is 6.20 Å². The van der Waals surface area contributed by atoms with E-state index in [0.717, 1.165) is 22.7 Å². The average molecular weight is 287 g/mol. The first kappa shape index (κ1) is 14.5. The Hall–Kier alpha value is -1.88. The molecule has 0 amide bonds. The number of aliphatic imine (C=N–C) groups is 1. The molecule has 0 spiro atoms. The summed E-state index contributed by atoms with van der Waals surface area (Å²) in [6.45, 7) is 8.37. The van der Waals surface area contributed by atoms with Crippen LogP contribution in [0.1, 0.15) is 18.1 Å². The van der Waals surface area contributed by atoms with Crippen molar-refractivity contribution in [3.63, 3.8) is 0 Å². The summed E-state index contributed by atoms with van der Waals surface area (Å²) in [4.78, 5) is 4.72. The Morgan fingerprint density at radius 1 is 1.35 bits per heavy atom. The van der Waals surface area contributed by atoms with E-state index in [1.165, 1.54) is 5.56 Å². The Labute approximate surface area is 121 Å². The molecule has 0 saturated heterocycles. The van der Waals surface area contributed by atoms with E-state index in [2.05, 4.69) is 37.2 Å². The van der Waals surface area contributed by atoms with Gasteiger partial charge in [0.15, 0.2) is 0 Å². The van der Waals surface area contributed by atoms with Crippen LogP contribution in [0, 0.1) is 6.92 Å². The molecule has 5 heteroatoms. The molecule has 0 bridgehead atoms. The Morgan fingerprint density at radius 2 is 2.10 bits per heavy atom. The second-order valence-electron chi connectivity index (χ2n) is 5.24. The Kier molecular flexibility index (Phi) is 4.39. The largest absolute Gasteiger partial charge is 0.546 e.